The first-order valence-corrected chi connectivity index (χ1v) is 12.3. The van der Waals surface area contributed by atoms with Gasteiger partial charge in [0.15, 0.2) is 0 Å². The van der Waals surface area contributed by atoms with Crippen molar-refractivity contribution < 1.29 is 9.59 Å². The van der Waals surface area contributed by atoms with Crippen molar-refractivity contribution in [3.8, 4) is 0 Å². The topological polar surface area (TPSA) is 68.8 Å². The predicted octanol–water partition coefficient (Wildman–Crippen LogP) is 2.56. The van der Waals surface area contributed by atoms with Crippen LogP contribution in [0.4, 0.5) is 0 Å². The fraction of sp³-hybridized carbons (Fsp3) is 0.519. The molecule has 0 bridgehead atoms. The molecule has 1 aromatic carbocycles. The second kappa shape index (κ2) is 11.1. The average molecular weight is 464 g/mol. The lowest BCUT2D eigenvalue weighted by Crippen LogP contribution is -2.46. The van der Waals surface area contributed by atoms with Crippen LogP contribution in [0.25, 0.3) is 0 Å². The number of carbonyl (C=O) groups excluding carboxylic acids is 2. The lowest BCUT2D eigenvalue weighted by molar-refractivity contribution is -0.130. The highest BCUT2D eigenvalue weighted by Crippen LogP contribution is 2.23. The molecule has 0 radical (unpaired) electrons. The van der Waals surface area contributed by atoms with Gasteiger partial charge < -0.3 is 15.1 Å². The largest absolute Gasteiger partial charge is 0.350 e. The van der Waals surface area contributed by atoms with Crippen LogP contribution in [0.1, 0.15) is 46.9 Å². The van der Waals surface area contributed by atoms with Gasteiger partial charge in [0, 0.05) is 69.7 Å². The molecular formula is C27H37N5O2. The molecule has 7 nitrogen and oxygen atoms in total. The monoisotopic (exact) mass is 463 g/mol. The highest BCUT2D eigenvalue weighted by atomic mass is 16.2. The van der Waals surface area contributed by atoms with Crippen LogP contribution in [0.2, 0.25) is 0 Å². The molecule has 1 atom stereocenters. The van der Waals surface area contributed by atoms with E-state index >= 15 is 0 Å². The van der Waals surface area contributed by atoms with Crippen LogP contribution in [0, 0.1) is 5.92 Å². The van der Waals surface area contributed by atoms with Gasteiger partial charge in [-0.15, -0.1) is 0 Å². The van der Waals surface area contributed by atoms with Gasteiger partial charge in [-0.3, -0.25) is 19.5 Å². The van der Waals surface area contributed by atoms with Gasteiger partial charge in [-0.2, -0.15) is 0 Å². The second-order valence-corrected chi connectivity index (χ2v) is 9.96. The Bertz CT molecular complexity index is 975. The third-order valence-electron chi connectivity index (χ3n) is 7.24. The van der Waals surface area contributed by atoms with E-state index < -0.39 is 0 Å². The summed E-state index contributed by atoms with van der Waals surface area (Å²) in [6.07, 6.45) is 4.56. The van der Waals surface area contributed by atoms with Crippen molar-refractivity contribution in [3.05, 3.63) is 65.0 Å². The molecule has 0 unspecified atom stereocenters. The SMILES string of the molecule is CC(=O)N1CCC(Cc2cc(C(=O)NC[C@@H](CN3Cc4ccccc4C3)N(C)C)ccn2)CC1. The van der Waals surface area contributed by atoms with Crippen molar-refractivity contribution in [2.24, 2.45) is 5.92 Å². The van der Waals surface area contributed by atoms with Crippen LogP contribution in [0.15, 0.2) is 42.6 Å². The van der Waals surface area contributed by atoms with Gasteiger partial charge in [-0.1, -0.05) is 24.3 Å². The number of carbonyl (C=O) groups is 2. The second-order valence-electron chi connectivity index (χ2n) is 9.96. The minimum Gasteiger partial charge on any atom is -0.350 e. The third-order valence-corrected chi connectivity index (χ3v) is 7.24. The zero-order valence-corrected chi connectivity index (χ0v) is 20.7. The predicted molar refractivity (Wildman–Crippen MR) is 133 cm³/mol. The lowest BCUT2D eigenvalue weighted by atomic mass is 9.91. The molecule has 2 amide bonds. The summed E-state index contributed by atoms with van der Waals surface area (Å²) in [5.41, 5.74) is 4.42. The van der Waals surface area contributed by atoms with E-state index in [1.807, 2.05) is 11.0 Å². The molecule has 2 aliphatic heterocycles. The summed E-state index contributed by atoms with van der Waals surface area (Å²) in [6, 6.07) is 12.6. The van der Waals surface area contributed by atoms with Crippen molar-refractivity contribution in [2.45, 2.75) is 45.3 Å². The molecule has 0 aliphatic carbocycles. The van der Waals surface area contributed by atoms with Crippen molar-refractivity contribution in [2.75, 3.05) is 40.3 Å². The Morgan fingerprint density at radius 2 is 1.79 bits per heavy atom. The number of fused-ring (bicyclic) bond motifs is 1. The van der Waals surface area contributed by atoms with Crippen molar-refractivity contribution >= 4 is 11.8 Å². The van der Waals surface area contributed by atoms with Crippen LogP contribution >= 0.6 is 0 Å². The number of likely N-dealkylation sites (N-methyl/N-ethyl adjacent to an activating group) is 1. The van der Waals surface area contributed by atoms with E-state index in [1.54, 1.807) is 19.2 Å². The highest BCUT2D eigenvalue weighted by molar-refractivity contribution is 5.94. The quantitative estimate of drug-likeness (QED) is 0.652. The van der Waals surface area contributed by atoms with Crippen molar-refractivity contribution in [1.29, 1.82) is 0 Å². The smallest absolute Gasteiger partial charge is 0.251 e. The fourth-order valence-electron chi connectivity index (χ4n) is 5.03. The molecule has 4 rings (SSSR count). The average Bonchev–Trinajstić information content (AvgIpc) is 3.24. The number of hydrogen-bond acceptors (Lipinski definition) is 5. The molecule has 1 N–H and O–H groups in total. The maximum absolute atomic E-state index is 12.9. The summed E-state index contributed by atoms with van der Waals surface area (Å²) in [5.74, 6) is 0.608. The van der Waals surface area contributed by atoms with Crippen LogP contribution < -0.4 is 5.32 Å². The summed E-state index contributed by atoms with van der Waals surface area (Å²) in [4.78, 5) is 35.5. The standard InChI is InChI=1S/C27H37N5O2/c1-20(33)32-12-9-21(10-13-32)14-25-15-22(8-11-28-25)27(34)29-16-26(30(2)3)19-31-17-23-6-4-5-7-24(23)18-31/h4-8,11,15,21,26H,9-10,12-14,16-19H2,1-3H3,(H,29,34)/t26-/m0/s1. The summed E-state index contributed by atoms with van der Waals surface area (Å²) >= 11 is 0. The molecule has 34 heavy (non-hydrogen) atoms. The zero-order valence-electron chi connectivity index (χ0n) is 20.7. The Balaban J connectivity index is 1.28. The van der Waals surface area contributed by atoms with Gasteiger partial charge >= 0.3 is 0 Å². The summed E-state index contributed by atoms with van der Waals surface area (Å²) < 4.78 is 0. The first-order valence-electron chi connectivity index (χ1n) is 12.3. The number of rotatable bonds is 8. The first-order chi connectivity index (χ1) is 16.4. The number of amides is 2. The summed E-state index contributed by atoms with van der Waals surface area (Å²) in [5, 5.41) is 3.15. The molecule has 2 aromatic rings. The number of hydrogen-bond donors (Lipinski definition) is 1. The van der Waals surface area contributed by atoms with Crippen LogP contribution in [-0.4, -0.2) is 77.8 Å². The number of nitrogens with one attached hydrogen (secondary N) is 1. The van der Waals surface area contributed by atoms with E-state index in [1.165, 1.54) is 11.1 Å². The first kappa shape index (κ1) is 24.4. The van der Waals surface area contributed by atoms with Gasteiger partial charge in [-0.05, 0) is 62.5 Å². The van der Waals surface area contributed by atoms with Gasteiger partial charge in [0.1, 0.15) is 0 Å². The molecule has 1 aromatic heterocycles. The normalized spacial score (nSPS) is 17.6. The molecule has 1 saturated heterocycles. The lowest BCUT2D eigenvalue weighted by Gasteiger charge is -2.31. The van der Waals surface area contributed by atoms with Crippen molar-refractivity contribution in [3.63, 3.8) is 0 Å². The number of piperidine rings is 1. The Morgan fingerprint density at radius 1 is 1.12 bits per heavy atom. The molecular weight excluding hydrogens is 426 g/mol. The molecule has 1 fully saturated rings. The third kappa shape index (κ3) is 6.21. The van der Waals surface area contributed by atoms with E-state index in [0.29, 0.717) is 18.0 Å². The van der Waals surface area contributed by atoms with Gasteiger partial charge in [-0.25, -0.2) is 0 Å². The van der Waals surface area contributed by atoms with Crippen LogP contribution in [0.5, 0.6) is 0 Å². The maximum Gasteiger partial charge on any atom is 0.251 e. The van der Waals surface area contributed by atoms with Crippen LogP contribution in [0.3, 0.4) is 0 Å². The molecule has 0 saturated carbocycles. The Kier molecular flexibility index (Phi) is 7.95. The Labute approximate surface area is 203 Å². The number of likely N-dealkylation sites (tertiary alicyclic amines) is 1. The molecule has 2 aliphatic rings. The van der Waals surface area contributed by atoms with Gasteiger partial charge in [0.2, 0.25) is 5.91 Å². The van der Waals surface area contributed by atoms with Gasteiger partial charge in [0.05, 0.1) is 0 Å². The number of nitrogens with zero attached hydrogens (tertiary/aromatic N) is 4. The van der Waals surface area contributed by atoms with Gasteiger partial charge in [0.25, 0.3) is 5.91 Å². The highest BCUT2D eigenvalue weighted by Gasteiger charge is 2.24. The van der Waals surface area contributed by atoms with E-state index in [0.717, 1.165) is 57.7 Å². The Hall–Kier alpha value is -2.77. The van der Waals surface area contributed by atoms with E-state index in [4.69, 9.17) is 0 Å². The van der Waals surface area contributed by atoms with Crippen LogP contribution in [-0.2, 0) is 24.3 Å². The molecule has 7 heteroatoms. The molecule has 182 valence electrons. The maximum atomic E-state index is 12.9. The minimum absolute atomic E-state index is 0.0494. The number of aromatic nitrogens is 1. The number of benzene rings is 1. The zero-order chi connectivity index (χ0) is 24.1. The fourth-order valence-corrected chi connectivity index (χ4v) is 5.03. The minimum atomic E-state index is -0.0494. The summed E-state index contributed by atoms with van der Waals surface area (Å²) in [7, 11) is 4.14. The van der Waals surface area contributed by atoms with E-state index in [-0.39, 0.29) is 17.9 Å². The number of pyridine rings is 1. The summed E-state index contributed by atoms with van der Waals surface area (Å²) in [6.45, 7) is 6.70. The van der Waals surface area contributed by atoms with Crippen molar-refractivity contribution in [1.82, 2.24) is 25.0 Å². The Morgan fingerprint density at radius 3 is 2.41 bits per heavy atom. The van der Waals surface area contributed by atoms with E-state index in [2.05, 4.69) is 58.5 Å². The molecule has 3 heterocycles. The van der Waals surface area contributed by atoms with E-state index in [9.17, 15) is 9.59 Å². The molecule has 0 spiro atoms.